The fraction of sp³-hybridized carbons (Fsp3) is 0.0909. The number of rotatable bonds is 4. The molecule has 1 aliphatic rings. The fourth-order valence-corrected chi connectivity index (χ4v) is 3.53. The average molecular weight is 377 g/mol. The van der Waals surface area contributed by atoms with Crippen LogP contribution >= 0.6 is 11.6 Å². The highest BCUT2D eigenvalue weighted by Crippen LogP contribution is 2.34. The van der Waals surface area contributed by atoms with E-state index in [0.29, 0.717) is 5.69 Å². The molecule has 27 heavy (non-hydrogen) atoms. The molecule has 0 spiro atoms. The third-order valence-electron chi connectivity index (χ3n) is 4.69. The number of nitrogens with one attached hydrogen (secondary N) is 1. The Kier molecular flexibility index (Phi) is 4.42. The van der Waals surface area contributed by atoms with Crippen LogP contribution in [0.5, 0.6) is 0 Å². The number of carbonyl (C=O) groups is 2. The van der Waals surface area contributed by atoms with Gasteiger partial charge < -0.3 is 5.32 Å². The molecule has 2 amide bonds. The summed E-state index contributed by atoms with van der Waals surface area (Å²) in [5.41, 5.74) is 2.45. The molecule has 1 aliphatic heterocycles. The minimum absolute atomic E-state index is 0.0983. The zero-order valence-electron chi connectivity index (χ0n) is 14.7. The van der Waals surface area contributed by atoms with Crippen LogP contribution in [-0.4, -0.2) is 11.8 Å². The smallest absolute Gasteiger partial charge is 0.283 e. The van der Waals surface area contributed by atoms with Crippen LogP contribution in [0, 0.1) is 0 Å². The highest BCUT2D eigenvalue weighted by molar-refractivity contribution is 6.53. The molecule has 4 nitrogen and oxygen atoms in total. The Bertz CT molecular complexity index is 1100. The van der Waals surface area contributed by atoms with Gasteiger partial charge in [0.25, 0.3) is 11.8 Å². The predicted octanol–water partition coefficient (Wildman–Crippen LogP) is 4.84. The maximum atomic E-state index is 13.1. The first-order valence-corrected chi connectivity index (χ1v) is 9.11. The Morgan fingerprint density at radius 3 is 2.41 bits per heavy atom. The van der Waals surface area contributed by atoms with Crippen molar-refractivity contribution in [1.29, 1.82) is 0 Å². The summed E-state index contributed by atoms with van der Waals surface area (Å²) in [5, 5.41) is 4.74. The van der Waals surface area contributed by atoms with Crippen LogP contribution in [0.25, 0.3) is 10.8 Å². The minimum Gasteiger partial charge on any atom is -0.349 e. The van der Waals surface area contributed by atoms with Crippen molar-refractivity contribution in [3.8, 4) is 0 Å². The van der Waals surface area contributed by atoms with E-state index < -0.39 is 11.8 Å². The summed E-state index contributed by atoms with van der Waals surface area (Å²) in [6.07, 6.45) is 0.795. The summed E-state index contributed by atoms with van der Waals surface area (Å²) in [7, 11) is 0. The first-order valence-electron chi connectivity index (χ1n) is 8.73. The molecule has 1 heterocycles. The lowest BCUT2D eigenvalue weighted by molar-refractivity contribution is -0.120. The first kappa shape index (κ1) is 17.3. The molecule has 0 saturated heterocycles. The molecule has 1 N–H and O–H groups in total. The Morgan fingerprint density at radius 1 is 0.889 bits per heavy atom. The molecule has 0 fully saturated rings. The second kappa shape index (κ2) is 6.89. The predicted molar refractivity (Wildman–Crippen MR) is 109 cm³/mol. The number of hydrogen-bond acceptors (Lipinski definition) is 3. The van der Waals surface area contributed by atoms with Gasteiger partial charge >= 0.3 is 0 Å². The van der Waals surface area contributed by atoms with Crippen LogP contribution in [0.15, 0.2) is 77.5 Å². The monoisotopic (exact) mass is 376 g/mol. The van der Waals surface area contributed by atoms with E-state index in [-0.39, 0.29) is 10.7 Å². The number of amides is 2. The molecule has 0 bridgehead atoms. The summed E-state index contributed by atoms with van der Waals surface area (Å²) in [5.74, 6) is -0.971. The van der Waals surface area contributed by atoms with E-state index in [1.807, 2.05) is 67.6 Å². The van der Waals surface area contributed by atoms with Crippen molar-refractivity contribution in [2.45, 2.75) is 13.3 Å². The highest BCUT2D eigenvalue weighted by atomic mass is 35.5. The molecule has 3 aromatic carbocycles. The quantitative estimate of drug-likeness (QED) is 0.663. The molecule has 3 aromatic rings. The Morgan fingerprint density at radius 2 is 1.59 bits per heavy atom. The Balaban J connectivity index is 1.75. The van der Waals surface area contributed by atoms with Gasteiger partial charge in [-0.1, -0.05) is 73.1 Å². The third kappa shape index (κ3) is 2.88. The van der Waals surface area contributed by atoms with Gasteiger partial charge in [-0.25, -0.2) is 4.90 Å². The molecule has 134 valence electrons. The van der Waals surface area contributed by atoms with Gasteiger partial charge in [-0.2, -0.15) is 0 Å². The minimum atomic E-state index is -0.519. The maximum Gasteiger partial charge on any atom is 0.283 e. The SMILES string of the molecule is CCc1ccccc1NC1=C(Cl)C(=O)N(c2cccc3ccccc23)C1=O. The van der Waals surface area contributed by atoms with Crippen molar-refractivity contribution >= 4 is 45.6 Å². The van der Waals surface area contributed by atoms with Crippen molar-refractivity contribution in [3.63, 3.8) is 0 Å². The largest absolute Gasteiger partial charge is 0.349 e. The number of halogens is 1. The average Bonchev–Trinajstić information content (AvgIpc) is 2.91. The zero-order valence-corrected chi connectivity index (χ0v) is 15.5. The topological polar surface area (TPSA) is 49.4 Å². The van der Waals surface area contributed by atoms with Gasteiger partial charge in [0.05, 0.1) is 5.69 Å². The summed E-state index contributed by atoms with van der Waals surface area (Å²) < 4.78 is 0. The zero-order chi connectivity index (χ0) is 19.0. The van der Waals surface area contributed by atoms with E-state index in [2.05, 4.69) is 5.32 Å². The summed E-state index contributed by atoms with van der Waals surface area (Å²) in [6.45, 7) is 2.03. The van der Waals surface area contributed by atoms with Crippen LogP contribution in [0.3, 0.4) is 0 Å². The van der Waals surface area contributed by atoms with E-state index in [0.717, 1.165) is 33.3 Å². The number of imide groups is 1. The number of carbonyl (C=O) groups excluding carboxylic acids is 2. The second-order valence-corrected chi connectivity index (χ2v) is 6.65. The third-order valence-corrected chi connectivity index (χ3v) is 5.04. The number of benzene rings is 3. The highest BCUT2D eigenvalue weighted by Gasteiger charge is 2.39. The summed E-state index contributed by atoms with van der Waals surface area (Å²) in [4.78, 5) is 27.0. The molecule has 0 radical (unpaired) electrons. The second-order valence-electron chi connectivity index (χ2n) is 6.27. The van der Waals surface area contributed by atoms with Gasteiger partial charge in [-0.3, -0.25) is 9.59 Å². The van der Waals surface area contributed by atoms with Gasteiger partial charge in [0.1, 0.15) is 10.7 Å². The Labute approximate surface area is 162 Å². The molecular formula is C22H17ClN2O2. The van der Waals surface area contributed by atoms with Gasteiger partial charge in [-0.05, 0) is 29.5 Å². The molecule has 0 aliphatic carbocycles. The summed E-state index contributed by atoms with van der Waals surface area (Å²) in [6, 6.07) is 20.8. The van der Waals surface area contributed by atoms with Crippen LogP contribution in [0.4, 0.5) is 11.4 Å². The fourth-order valence-electron chi connectivity index (χ4n) is 3.32. The first-order chi connectivity index (χ1) is 13.1. The standard InChI is InChI=1S/C22H17ClN2O2/c1-2-14-8-4-6-12-17(14)24-20-19(23)21(26)25(22(20)27)18-13-7-10-15-9-3-5-11-16(15)18/h3-13,24H,2H2,1H3. The number of aryl methyl sites for hydroxylation is 1. The van der Waals surface area contributed by atoms with Gasteiger partial charge in [0.2, 0.25) is 0 Å². The van der Waals surface area contributed by atoms with E-state index >= 15 is 0 Å². The van der Waals surface area contributed by atoms with Crippen LogP contribution in [0.2, 0.25) is 0 Å². The van der Waals surface area contributed by atoms with E-state index in [1.54, 1.807) is 6.07 Å². The van der Waals surface area contributed by atoms with Gasteiger partial charge in [0, 0.05) is 11.1 Å². The van der Waals surface area contributed by atoms with Gasteiger partial charge in [-0.15, -0.1) is 0 Å². The van der Waals surface area contributed by atoms with Crippen molar-refractivity contribution in [2.75, 3.05) is 10.2 Å². The number of para-hydroxylation sites is 1. The lowest BCUT2D eigenvalue weighted by Gasteiger charge is -2.18. The molecule has 4 rings (SSSR count). The maximum absolute atomic E-state index is 13.1. The normalized spacial score (nSPS) is 14.4. The molecule has 0 atom stereocenters. The van der Waals surface area contributed by atoms with Crippen molar-refractivity contribution in [1.82, 2.24) is 0 Å². The molecule has 0 unspecified atom stereocenters. The van der Waals surface area contributed by atoms with E-state index in [9.17, 15) is 9.59 Å². The van der Waals surface area contributed by atoms with E-state index in [4.69, 9.17) is 11.6 Å². The Hall–Kier alpha value is -3.11. The van der Waals surface area contributed by atoms with Crippen molar-refractivity contribution in [2.24, 2.45) is 0 Å². The number of anilines is 2. The van der Waals surface area contributed by atoms with Gasteiger partial charge in [0.15, 0.2) is 0 Å². The van der Waals surface area contributed by atoms with E-state index in [1.165, 1.54) is 0 Å². The lowest BCUT2D eigenvalue weighted by atomic mass is 10.1. The van der Waals surface area contributed by atoms with Crippen molar-refractivity contribution in [3.05, 3.63) is 83.0 Å². The molecular weight excluding hydrogens is 360 g/mol. The molecule has 0 aromatic heterocycles. The molecule has 5 heteroatoms. The van der Waals surface area contributed by atoms with Crippen LogP contribution < -0.4 is 10.2 Å². The summed E-state index contributed by atoms with van der Waals surface area (Å²) >= 11 is 6.27. The van der Waals surface area contributed by atoms with Crippen LogP contribution in [0.1, 0.15) is 12.5 Å². The lowest BCUT2D eigenvalue weighted by Crippen LogP contribution is -2.32. The number of hydrogen-bond donors (Lipinski definition) is 1. The number of nitrogens with zero attached hydrogens (tertiary/aromatic N) is 1. The van der Waals surface area contributed by atoms with Crippen molar-refractivity contribution < 1.29 is 9.59 Å². The molecule has 0 saturated carbocycles. The number of fused-ring (bicyclic) bond motifs is 1. The van der Waals surface area contributed by atoms with Crippen LogP contribution in [-0.2, 0) is 16.0 Å².